The number of aryl methyl sites for hydroxylation is 2. The lowest BCUT2D eigenvalue weighted by Crippen LogP contribution is -2.41. The second kappa shape index (κ2) is 8.34. The third kappa shape index (κ3) is 3.85. The Balaban J connectivity index is 1.66. The van der Waals surface area contributed by atoms with Gasteiger partial charge in [0.1, 0.15) is 17.2 Å². The minimum absolute atomic E-state index is 0.0281. The number of benzene rings is 1. The predicted molar refractivity (Wildman–Crippen MR) is 115 cm³/mol. The van der Waals surface area contributed by atoms with E-state index in [0.29, 0.717) is 22.5 Å². The van der Waals surface area contributed by atoms with Gasteiger partial charge in [0.2, 0.25) is 0 Å². The Hall–Kier alpha value is -3.69. The van der Waals surface area contributed by atoms with Crippen molar-refractivity contribution in [1.82, 2.24) is 14.3 Å². The van der Waals surface area contributed by atoms with Gasteiger partial charge in [-0.05, 0) is 44.0 Å². The van der Waals surface area contributed by atoms with Crippen LogP contribution >= 0.6 is 0 Å². The molecule has 3 aromatic rings. The number of imidazole rings is 1. The fourth-order valence-electron chi connectivity index (χ4n) is 4.05. The number of carbonyl (C=O) groups is 1. The summed E-state index contributed by atoms with van der Waals surface area (Å²) in [6.07, 6.45) is 1.49. The molecular weight excluding hydrogens is 438 g/mol. The van der Waals surface area contributed by atoms with Gasteiger partial charge < -0.3 is 10.6 Å². The van der Waals surface area contributed by atoms with E-state index in [2.05, 4.69) is 9.98 Å². The SMILES string of the molecule is CN=C(C1=C(N)CN(C(=O)c2c(C)nc3cc(C)c(F)cn23)CC1)c1cc(F)c(F)c(F)c1. The summed E-state index contributed by atoms with van der Waals surface area (Å²) in [5.74, 6) is -5.06. The molecule has 10 heteroatoms. The standard InChI is InChI=1S/C23H21F4N5O/c1-11-6-19-30-12(2)22(32(19)9-17(11)26)23(33)31-5-4-14(18(28)10-31)21(29-3)13-7-15(24)20(27)16(25)8-13/h6-9H,4-5,10,28H2,1-3H3. The first-order valence-electron chi connectivity index (χ1n) is 10.2. The van der Waals surface area contributed by atoms with Crippen LogP contribution in [-0.4, -0.2) is 46.0 Å². The Kier molecular flexibility index (Phi) is 5.69. The monoisotopic (exact) mass is 459 g/mol. The summed E-state index contributed by atoms with van der Waals surface area (Å²) in [6.45, 7) is 3.55. The molecule has 33 heavy (non-hydrogen) atoms. The van der Waals surface area contributed by atoms with Gasteiger partial charge in [-0.25, -0.2) is 22.5 Å². The zero-order valence-corrected chi connectivity index (χ0v) is 18.2. The Morgan fingerprint density at radius 3 is 2.36 bits per heavy atom. The molecule has 1 aliphatic rings. The minimum Gasteiger partial charge on any atom is -0.400 e. The maximum Gasteiger partial charge on any atom is 0.273 e. The third-order valence-corrected chi connectivity index (χ3v) is 5.71. The number of carbonyl (C=O) groups excluding carboxylic acids is 1. The number of amides is 1. The average Bonchev–Trinajstić information content (AvgIpc) is 3.07. The Morgan fingerprint density at radius 2 is 1.76 bits per heavy atom. The topological polar surface area (TPSA) is 76.0 Å². The summed E-state index contributed by atoms with van der Waals surface area (Å²) in [5.41, 5.74) is 8.87. The van der Waals surface area contributed by atoms with E-state index < -0.39 is 23.3 Å². The Morgan fingerprint density at radius 1 is 1.09 bits per heavy atom. The van der Waals surface area contributed by atoms with Gasteiger partial charge in [-0.2, -0.15) is 0 Å². The number of aromatic nitrogens is 2. The molecule has 0 spiro atoms. The molecule has 0 unspecified atom stereocenters. The number of halogens is 4. The van der Waals surface area contributed by atoms with Crippen LogP contribution in [0.2, 0.25) is 0 Å². The van der Waals surface area contributed by atoms with Crippen LogP contribution in [0.3, 0.4) is 0 Å². The van der Waals surface area contributed by atoms with E-state index in [1.165, 1.54) is 22.5 Å². The molecule has 1 aliphatic heterocycles. The lowest BCUT2D eigenvalue weighted by atomic mass is 9.94. The van der Waals surface area contributed by atoms with Crippen molar-refractivity contribution in [2.45, 2.75) is 20.3 Å². The highest BCUT2D eigenvalue weighted by Crippen LogP contribution is 2.25. The van der Waals surface area contributed by atoms with Crippen molar-refractivity contribution >= 4 is 17.3 Å². The van der Waals surface area contributed by atoms with E-state index >= 15 is 0 Å². The van der Waals surface area contributed by atoms with Gasteiger partial charge in [-0.3, -0.25) is 14.2 Å². The van der Waals surface area contributed by atoms with E-state index in [-0.39, 0.29) is 48.1 Å². The molecule has 0 atom stereocenters. The van der Waals surface area contributed by atoms with E-state index in [1.54, 1.807) is 19.9 Å². The fourth-order valence-corrected chi connectivity index (χ4v) is 4.05. The van der Waals surface area contributed by atoms with E-state index in [0.717, 1.165) is 12.1 Å². The van der Waals surface area contributed by atoms with Gasteiger partial charge in [0.25, 0.3) is 5.91 Å². The molecule has 0 saturated carbocycles. The summed E-state index contributed by atoms with van der Waals surface area (Å²) < 4.78 is 56.4. The van der Waals surface area contributed by atoms with Crippen molar-refractivity contribution in [2.24, 2.45) is 10.7 Å². The summed E-state index contributed by atoms with van der Waals surface area (Å²) in [6, 6.07) is 3.28. The first-order valence-corrected chi connectivity index (χ1v) is 10.2. The number of nitrogens with zero attached hydrogens (tertiary/aromatic N) is 4. The number of rotatable bonds is 3. The maximum absolute atomic E-state index is 14.1. The summed E-state index contributed by atoms with van der Waals surface area (Å²) in [4.78, 5) is 23.2. The molecule has 1 amide bonds. The largest absolute Gasteiger partial charge is 0.400 e. The average molecular weight is 459 g/mol. The van der Waals surface area contributed by atoms with Gasteiger partial charge in [-0.1, -0.05) is 0 Å². The van der Waals surface area contributed by atoms with Crippen LogP contribution in [0, 0.1) is 37.1 Å². The second-order valence-electron chi connectivity index (χ2n) is 7.88. The highest BCUT2D eigenvalue weighted by molar-refractivity contribution is 6.13. The first-order chi connectivity index (χ1) is 15.6. The molecule has 0 bridgehead atoms. The smallest absolute Gasteiger partial charge is 0.273 e. The normalized spacial score (nSPS) is 15.0. The van der Waals surface area contributed by atoms with Gasteiger partial charge in [0, 0.05) is 36.6 Å². The second-order valence-corrected chi connectivity index (χ2v) is 7.88. The van der Waals surface area contributed by atoms with Crippen molar-refractivity contribution in [3.8, 4) is 0 Å². The van der Waals surface area contributed by atoms with Crippen molar-refractivity contribution in [3.63, 3.8) is 0 Å². The summed E-state index contributed by atoms with van der Waals surface area (Å²) in [5, 5.41) is 0. The van der Waals surface area contributed by atoms with E-state index in [9.17, 15) is 22.4 Å². The fraction of sp³-hybridized carbons (Fsp3) is 0.261. The number of hydrogen-bond donors (Lipinski definition) is 1. The molecule has 172 valence electrons. The van der Waals surface area contributed by atoms with Crippen LogP contribution in [0.15, 0.2) is 40.7 Å². The van der Waals surface area contributed by atoms with Crippen LogP contribution in [0.5, 0.6) is 0 Å². The zero-order chi connectivity index (χ0) is 24.0. The Labute approximate surface area is 187 Å². The lowest BCUT2D eigenvalue weighted by molar-refractivity contribution is 0.0756. The molecule has 2 aromatic heterocycles. The third-order valence-electron chi connectivity index (χ3n) is 5.71. The van der Waals surface area contributed by atoms with Crippen LogP contribution in [0.1, 0.15) is 33.7 Å². The molecular formula is C23H21F4N5O. The molecule has 0 saturated heterocycles. The van der Waals surface area contributed by atoms with Gasteiger partial charge in [0.05, 0.1) is 18.0 Å². The van der Waals surface area contributed by atoms with Gasteiger partial charge in [-0.15, -0.1) is 0 Å². The predicted octanol–water partition coefficient (Wildman–Crippen LogP) is 3.69. The molecule has 0 radical (unpaired) electrons. The van der Waals surface area contributed by atoms with Crippen molar-refractivity contribution < 1.29 is 22.4 Å². The number of fused-ring (bicyclic) bond motifs is 1. The highest BCUT2D eigenvalue weighted by Gasteiger charge is 2.29. The van der Waals surface area contributed by atoms with Gasteiger partial charge in [0.15, 0.2) is 17.5 Å². The molecule has 0 aliphatic carbocycles. The summed E-state index contributed by atoms with van der Waals surface area (Å²) in [7, 11) is 1.44. The van der Waals surface area contributed by atoms with Crippen LogP contribution in [0.25, 0.3) is 5.65 Å². The van der Waals surface area contributed by atoms with Crippen LogP contribution in [0.4, 0.5) is 17.6 Å². The Bertz CT molecular complexity index is 1340. The molecule has 3 heterocycles. The maximum atomic E-state index is 14.1. The van der Waals surface area contributed by atoms with Crippen LogP contribution in [-0.2, 0) is 0 Å². The lowest BCUT2D eigenvalue weighted by Gasteiger charge is -2.30. The zero-order valence-electron chi connectivity index (χ0n) is 18.2. The summed E-state index contributed by atoms with van der Waals surface area (Å²) >= 11 is 0. The molecule has 1 aromatic carbocycles. The van der Waals surface area contributed by atoms with Gasteiger partial charge >= 0.3 is 0 Å². The quantitative estimate of drug-likeness (QED) is 0.369. The number of pyridine rings is 1. The molecule has 2 N–H and O–H groups in total. The van der Waals surface area contributed by atoms with Crippen LogP contribution < -0.4 is 5.73 Å². The van der Waals surface area contributed by atoms with E-state index in [4.69, 9.17) is 5.73 Å². The first kappa shape index (κ1) is 22.5. The van der Waals surface area contributed by atoms with E-state index in [1.807, 2.05) is 0 Å². The number of aliphatic imine (C=N–C) groups is 1. The number of hydrogen-bond acceptors (Lipinski definition) is 4. The molecule has 0 fully saturated rings. The minimum atomic E-state index is -1.56. The molecule has 6 nitrogen and oxygen atoms in total. The van der Waals surface area contributed by atoms with Crippen molar-refractivity contribution in [1.29, 1.82) is 0 Å². The van der Waals surface area contributed by atoms with Crippen molar-refractivity contribution in [2.75, 3.05) is 20.1 Å². The van der Waals surface area contributed by atoms with Crippen molar-refractivity contribution in [3.05, 3.63) is 81.4 Å². The molecule has 4 rings (SSSR count). The number of nitrogens with two attached hydrogens (primary N) is 1. The highest BCUT2D eigenvalue weighted by atomic mass is 19.2.